The van der Waals surface area contributed by atoms with Gasteiger partial charge >= 0.3 is 6.03 Å². The van der Waals surface area contributed by atoms with E-state index in [1.807, 2.05) is 0 Å². The molecule has 0 saturated heterocycles. The summed E-state index contributed by atoms with van der Waals surface area (Å²) >= 11 is 0. The van der Waals surface area contributed by atoms with Gasteiger partial charge in [-0.2, -0.15) is 0 Å². The number of benzene rings is 2. The number of amides is 3. The fourth-order valence-corrected chi connectivity index (χ4v) is 3.72. The Morgan fingerprint density at radius 3 is 2.25 bits per heavy atom. The van der Waals surface area contributed by atoms with Gasteiger partial charge in [-0.15, -0.1) is 0 Å². The van der Waals surface area contributed by atoms with Gasteiger partial charge in [0.2, 0.25) is 15.9 Å². The molecule has 2 aromatic rings. The van der Waals surface area contributed by atoms with Gasteiger partial charge in [0.25, 0.3) is 0 Å². The summed E-state index contributed by atoms with van der Waals surface area (Å²) in [5, 5.41) is 5.09. The van der Waals surface area contributed by atoms with Crippen molar-refractivity contribution in [1.29, 1.82) is 0 Å². The first kappa shape index (κ1) is 19.6. The average molecular weight is 400 g/mol. The third-order valence-electron chi connectivity index (χ3n) is 3.91. The molecular formula is C19H20N4O4S. The van der Waals surface area contributed by atoms with Gasteiger partial charge in [-0.1, -0.05) is 18.2 Å². The Labute approximate surface area is 162 Å². The maximum atomic E-state index is 12.1. The van der Waals surface area contributed by atoms with Gasteiger partial charge in [0.05, 0.1) is 4.90 Å². The number of nitrogens with one attached hydrogen (secondary N) is 3. The molecule has 0 aliphatic heterocycles. The third-order valence-corrected chi connectivity index (χ3v) is 5.45. The van der Waals surface area contributed by atoms with Crippen molar-refractivity contribution in [1.82, 2.24) is 4.72 Å². The highest BCUT2D eigenvalue weighted by molar-refractivity contribution is 7.89. The summed E-state index contributed by atoms with van der Waals surface area (Å²) < 4.78 is 26.9. The van der Waals surface area contributed by atoms with Crippen LogP contribution in [0.3, 0.4) is 0 Å². The number of carbonyl (C=O) groups excluding carboxylic acids is 2. The molecule has 1 saturated carbocycles. The maximum Gasteiger partial charge on any atom is 0.316 e. The van der Waals surface area contributed by atoms with Crippen molar-refractivity contribution in [2.75, 3.05) is 10.6 Å². The Kier molecular flexibility index (Phi) is 5.76. The summed E-state index contributed by atoms with van der Waals surface area (Å²) in [5.74, 6) is -0.372. The van der Waals surface area contributed by atoms with Crippen molar-refractivity contribution in [2.24, 2.45) is 5.73 Å². The van der Waals surface area contributed by atoms with E-state index in [0.717, 1.165) is 12.8 Å². The molecule has 0 radical (unpaired) electrons. The fourth-order valence-electron chi connectivity index (χ4n) is 2.42. The molecule has 1 aliphatic carbocycles. The zero-order chi connectivity index (χ0) is 20.1. The summed E-state index contributed by atoms with van der Waals surface area (Å²) in [6.07, 6.45) is 4.65. The van der Waals surface area contributed by atoms with Crippen molar-refractivity contribution < 1.29 is 18.0 Å². The molecule has 5 N–H and O–H groups in total. The van der Waals surface area contributed by atoms with Gasteiger partial charge in [-0.05, 0) is 54.8 Å². The maximum absolute atomic E-state index is 12.1. The average Bonchev–Trinajstić information content (AvgIpc) is 3.43. The zero-order valence-corrected chi connectivity index (χ0v) is 15.7. The Morgan fingerprint density at radius 2 is 1.64 bits per heavy atom. The van der Waals surface area contributed by atoms with E-state index in [1.54, 1.807) is 42.5 Å². The molecule has 3 amide bonds. The van der Waals surface area contributed by atoms with E-state index in [9.17, 15) is 18.0 Å². The Morgan fingerprint density at radius 1 is 1.00 bits per heavy atom. The first-order valence-corrected chi connectivity index (χ1v) is 10.1. The zero-order valence-electron chi connectivity index (χ0n) is 14.9. The second-order valence-electron chi connectivity index (χ2n) is 6.36. The molecule has 146 valence electrons. The Bertz CT molecular complexity index is 1010. The lowest BCUT2D eigenvalue weighted by atomic mass is 10.2. The normalized spacial score (nSPS) is 14.0. The number of rotatable bonds is 7. The first-order valence-electron chi connectivity index (χ1n) is 8.60. The summed E-state index contributed by atoms with van der Waals surface area (Å²) in [6, 6.07) is 12.2. The molecule has 8 nitrogen and oxygen atoms in total. The van der Waals surface area contributed by atoms with Crippen molar-refractivity contribution in [3.8, 4) is 0 Å². The van der Waals surface area contributed by atoms with Crippen LogP contribution in [0, 0.1) is 0 Å². The van der Waals surface area contributed by atoms with E-state index >= 15 is 0 Å². The number of carbonyl (C=O) groups is 2. The number of primary amides is 1. The first-order chi connectivity index (χ1) is 13.3. The van der Waals surface area contributed by atoms with E-state index in [1.165, 1.54) is 18.2 Å². The molecule has 28 heavy (non-hydrogen) atoms. The van der Waals surface area contributed by atoms with Gasteiger partial charge in [-0.25, -0.2) is 17.9 Å². The minimum absolute atomic E-state index is 0.0462. The molecule has 1 aliphatic rings. The number of anilines is 2. The SMILES string of the molecule is NC(=O)Nc1cccc(NC(=O)/C=C/c2ccc(S(=O)(=O)NC3CC3)cc2)c1. The van der Waals surface area contributed by atoms with E-state index < -0.39 is 16.1 Å². The molecule has 9 heteroatoms. The molecule has 1 fully saturated rings. The molecule has 3 rings (SSSR count). The van der Waals surface area contributed by atoms with Crippen LogP contribution >= 0.6 is 0 Å². The van der Waals surface area contributed by atoms with Crippen molar-refractivity contribution >= 4 is 39.4 Å². The number of hydrogen-bond acceptors (Lipinski definition) is 4. The second kappa shape index (κ2) is 8.24. The van der Waals surface area contributed by atoms with Gasteiger partial charge in [0, 0.05) is 23.5 Å². The highest BCUT2D eigenvalue weighted by atomic mass is 32.2. The van der Waals surface area contributed by atoms with E-state index in [4.69, 9.17) is 5.73 Å². The summed E-state index contributed by atoms with van der Waals surface area (Å²) in [7, 11) is -3.49. The molecule has 0 atom stereocenters. The van der Waals surface area contributed by atoms with Crippen LogP contribution < -0.4 is 21.1 Å². The molecular weight excluding hydrogens is 380 g/mol. The third kappa shape index (κ3) is 5.66. The predicted octanol–water partition coefficient (Wildman–Crippen LogP) is 2.27. The number of hydrogen-bond donors (Lipinski definition) is 4. The van der Waals surface area contributed by atoms with Crippen LogP contribution in [-0.4, -0.2) is 26.4 Å². The van der Waals surface area contributed by atoms with Gasteiger partial charge in [-0.3, -0.25) is 4.79 Å². The van der Waals surface area contributed by atoms with Crippen LogP contribution in [0.2, 0.25) is 0 Å². The summed E-state index contributed by atoms with van der Waals surface area (Å²) in [4.78, 5) is 23.1. The number of nitrogens with two attached hydrogens (primary N) is 1. The molecule has 0 unspecified atom stereocenters. The lowest BCUT2D eigenvalue weighted by molar-refractivity contribution is -0.111. The van der Waals surface area contributed by atoms with Crippen molar-refractivity contribution in [3.63, 3.8) is 0 Å². The quantitative estimate of drug-likeness (QED) is 0.531. The standard InChI is InChI=1S/C19H20N4O4S/c20-19(25)22-16-3-1-2-15(12-16)21-18(24)11-6-13-4-9-17(10-5-13)28(26,27)23-14-7-8-14/h1-6,9-12,14,23H,7-8H2,(H,21,24)(H3,20,22,25)/b11-6+. The van der Waals surface area contributed by atoms with E-state index in [0.29, 0.717) is 16.9 Å². The van der Waals surface area contributed by atoms with Crippen LogP contribution in [0.5, 0.6) is 0 Å². The number of sulfonamides is 1. The highest BCUT2D eigenvalue weighted by Crippen LogP contribution is 2.22. The van der Waals surface area contributed by atoms with Crippen LogP contribution in [0.15, 0.2) is 59.5 Å². The predicted molar refractivity (Wildman–Crippen MR) is 107 cm³/mol. The lowest BCUT2D eigenvalue weighted by Crippen LogP contribution is -2.25. The largest absolute Gasteiger partial charge is 0.351 e. The monoisotopic (exact) mass is 400 g/mol. The second-order valence-corrected chi connectivity index (χ2v) is 8.07. The lowest BCUT2D eigenvalue weighted by Gasteiger charge is -2.06. The van der Waals surface area contributed by atoms with Crippen LogP contribution in [0.1, 0.15) is 18.4 Å². The number of urea groups is 1. The molecule has 0 spiro atoms. The van der Waals surface area contributed by atoms with Crippen molar-refractivity contribution in [3.05, 3.63) is 60.2 Å². The highest BCUT2D eigenvalue weighted by Gasteiger charge is 2.27. The minimum Gasteiger partial charge on any atom is -0.351 e. The van der Waals surface area contributed by atoms with Crippen LogP contribution in [0.25, 0.3) is 6.08 Å². The van der Waals surface area contributed by atoms with Gasteiger partial charge in [0.15, 0.2) is 0 Å². The Balaban J connectivity index is 1.60. The summed E-state index contributed by atoms with van der Waals surface area (Å²) in [5.41, 5.74) is 6.70. The van der Waals surface area contributed by atoms with E-state index in [-0.39, 0.29) is 16.8 Å². The summed E-state index contributed by atoms with van der Waals surface area (Å²) in [6.45, 7) is 0. The van der Waals surface area contributed by atoms with E-state index in [2.05, 4.69) is 15.4 Å². The van der Waals surface area contributed by atoms with Gasteiger partial charge in [0.1, 0.15) is 0 Å². The minimum atomic E-state index is -3.49. The molecule has 0 bridgehead atoms. The van der Waals surface area contributed by atoms with Crippen LogP contribution in [0.4, 0.5) is 16.2 Å². The van der Waals surface area contributed by atoms with Crippen LogP contribution in [-0.2, 0) is 14.8 Å². The molecule has 0 heterocycles. The molecule has 2 aromatic carbocycles. The Hall–Kier alpha value is -3.17. The van der Waals surface area contributed by atoms with Gasteiger partial charge < -0.3 is 16.4 Å². The van der Waals surface area contributed by atoms with Crippen molar-refractivity contribution in [2.45, 2.75) is 23.8 Å². The topological polar surface area (TPSA) is 130 Å². The smallest absolute Gasteiger partial charge is 0.316 e. The molecule has 0 aromatic heterocycles. The fraction of sp³-hybridized carbons (Fsp3) is 0.158.